The van der Waals surface area contributed by atoms with Crippen molar-refractivity contribution in [3.8, 4) is 0 Å². The van der Waals surface area contributed by atoms with Crippen LogP contribution in [0, 0.1) is 5.82 Å². The summed E-state index contributed by atoms with van der Waals surface area (Å²) in [5.41, 5.74) is -4.76. The molecule has 1 N–H and O–H groups in total. The molecule has 1 unspecified atom stereocenters. The minimum absolute atomic E-state index is 0.0502. The Hall–Kier alpha value is -2.83. The van der Waals surface area contributed by atoms with Crippen molar-refractivity contribution in [3.05, 3.63) is 62.7 Å². The number of nitrogens with one attached hydrogen (secondary N) is 1. The molecule has 0 saturated carbocycles. The highest BCUT2D eigenvalue weighted by molar-refractivity contribution is 6.76. The summed E-state index contributed by atoms with van der Waals surface area (Å²) >= 11 is 0. The van der Waals surface area contributed by atoms with E-state index in [9.17, 15) is 22.8 Å². The van der Waals surface area contributed by atoms with E-state index in [2.05, 4.69) is 50.8 Å². The normalized spacial score (nSPS) is 17.6. The smallest absolute Gasteiger partial charge is 0.412 e. The van der Waals surface area contributed by atoms with Gasteiger partial charge >= 0.3 is 13.3 Å². The molecule has 300 valence electrons. The van der Waals surface area contributed by atoms with Gasteiger partial charge in [-0.3, -0.25) is 9.59 Å². The zero-order valence-electron chi connectivity index (χ0n) is 34.0. The Morgan fingerprint density at radius 1 is 1.00 bits per heavy atom. The molecular formula is C37H57BF4N4O6Si2. The van der Waals surface area contributed by atoms with E-state index in [1.807, 2.05) is 40.8 Å². The van der Waals surface area contributed by atoms with Gasteiger partial charge in [0.25, 0.3) is 11.1 Å². The molecule has 0 spiro atoms. The van der Waals surface area contributed by atoms with E-state index in [4.69, 9.17) is 18.5 Å². The predicted molar refractivity (Wildman–Crippen MR) is 211 cm³/mol. The first-order valence-corrected chi connectivity index (χ1v) is 25.0. The highest BCUT2D eigenvalue weighted by Crippen LogP contribution is 2.39. The first-order valence-electron chi connectivity index (χ1n) is 18.4. The van der Waals surface area contributed by atoms with Crippen molar-refractivity contribution in [2.75, 3.05) is 11.9 Å². The summed E-state index contributed by atoms with van der Waals surface area (Å²) in [7, 11) is -4.88. The molecule has 2 aromatic heterocycles. The molecule has 1 aliphatic heterocycles. The largest absolute Gasteiger partial charge is 0.497 e. The maximum atomic E-state index is 15.6. The third kappa shape index (κ3) is 10.1. The third-order valence-electron chi connectivity index (χ3n) is 10.8. The van der Waals surface area contributed by atoms with E-state index in [-0.39, 0.29) is 28.9 Å². The van der Waals surface area contributed by atoms with Gasteiger partial charge in [0.2, 0.25) is 0 Å². The number of nitrogens with zero attached hydrogens (tertiary/aromatic N) is 3. The lowest BCUT2D eigenvalue weighted by Crippen LogP contribution is -2.46. The fourth-order valence-corrected chi connectivity index (χ4v) is 7.92. The number of alkyl halides is 3. The van der Waals surface area contributed by atoms with E-state index in [0.717, 1.165) is 12.2 Å². The second-order valence-electron chi connectivity index (χ2n) is 18.2. The molecule has 0 amide bonds. The van der Waals surface area contributed by atoms with Crippen LogP contribution >= 0.6 is 0 Å². The van der Waals surface area contributed by atoms with Crippen LogP contribution in [0.15, 0.2) is 40.2 Å². The number of hydrogen-bond acceptors (Lipinski definition) is 8. The lowest BCUT2D eigenvalue weighted by molar-refractivity contribution is -0.138. The van der Waals surface area contributed by atoms with Gasteiger partial charge in [-0.15, -0.1) is 0 Å². The van der Waals surface area contributed by atoms with E-state index < -0.39 is 88.0 Å². The average molecular weight is 797 g/mol. The van der Waals surface area contributed by atoms with Crippen LogP contribution in [0.1, 0.15) is 67.4 Å². The minimum atomic E-state index is -4.96. The van der Waals surface area contributed by atoms with Gasteiger partial charge in [-0.25, -0.2) is 9.07 Å². The van der Waals surface area contributed by atoms with Crippen LogP contribution in [0.5, 0.6) is 0 Å². The Labute approximate surface area is 318 Å². The van der Waals surface area contributed by atoms with Crippen LogP contribution in [-0.2, 0) is 37.9 Å². The Balaban J connectivity index is 1.62. The van der Waals surface area contributed by atoms with Gasteiger partial charge in [0, 0.05) is 32.4 Å². The first-order chi connectivity index (χ1) is 24.5. The molecule has 2 atom stereocenters. The van der Waals surface area contributed by atoms with Crippen molar-refractivity contribution < 1.29 is 36.0 Å². The summed E-state index contributed by atoms with van der Waals surface area (Å²) in [6.07, 6.45) is -2.83. The van der Waals surface area contributed by atoms with Crippen LogP contribution < -0.4 is 21.9 Å². The average Bonchev–Trinajstić information content (AvgIpc) is 3.21. The Morgan fingerprint density at radius 3 is 2.17 bits per heavy atom. The van der Waals surface area contributed by atoms with Crippen LogP contribution in [0.3, 0.4) is 0 Å². The molecule has 1 aliphatic rings. The minimum Gasteiger partial charge on any atom is -0.412 e. The Morgan fingerprint density at radius 2 is 1.61 bits per heavy atom. The summed E-state index contributed by atoms with van der Waals surface area (Å²) in [6.45, 7) is 25.9. The number of benzene rings is 1. The van der Waals surface area contributed by atoms with Gasteiger partial charge in [0.15, 0.2) is 8.32 Å². The van der Waals surface area contributed by atoms with Gasteiger partial charge in [-0.1, -0.05) is 46.5 Å². The van der Waals surface area contributed by atoms with Crippen molar-refractivity contribution >= 4 is 45.4 Å². The maximum Gasteiger partial charge on any atom is 0.497 e. The molecule has 4 rings (SSSR count). The monoisotopic (exact) mass is 796 g/mol. The van der Waals surface area contributed by atoms with Crippen molar-refractivity contribution in [2.24, 2.45) is 0 Å². The summed E-state index contributed by atoms with van der Waals surface area (Å²) in [5, 5.41) is 7.27. The third-order valence-corrected chi connectivity index (χ3v) is 17.1. The van der Waals surface area contributed by atoms with Gasteiger partial charge in [-0.2, -0.15) is 18.3 Å². The van der Waals surface area contributed by atoms with Crippen molar-refractivity contribution in [1.82, 2.24) is 14.3 Å². The molecule has 1 aromatic carbocycles. The number of hydrogen-bond donors (Lipinski definition) is 1. The highest BCUT2D eigenvalue weighted by Gasteiger charge is 2.52. The van der Waals surface area contributed by atoms with E-state index in [0.29, 0.717) is 16.7 Å². The zero-order chi connectivity index (χ0) is 40.8. The second kappa shape index (κ2) is 15.6. The highest BCUT2D eigenvalue weighted by atomic mass is 28.4. The summed E-state index contributed by atoms with van der Waals surface area (Å²) in [5.74, 6) is -0.642. The zero-order valence-corrected chi connectivity index (χ0v) is 36.0. The number of fused-ring (bicyclic) bond motifs is 1. The molecule has 54 heavy (non-hydrogen) atoms. The van der Waals surface area contributed by atoms with Crippen LogP contribution in [0.25, 0.3) is 10.8 Å². The van der Waals surface area contributed by atoms with Gasteiger partial charge in [0.1, 0.15) is 18.1 Å². The number of rotatable bonds is 14. The molecular weight excluding hydrogens is 739 g/mol. The van der Waals surface area contributed by atoms with Crippen molar-refractivity contribution in [2.45, 2.75) is 148 Å². The molecule has 17 heteroatoms. The van der Waals surface area contributed by atoms with Gasteiger partial charge in [0.05, 0.1) is 41.1 Å². The van der Waals surface area contributed by atoms with Gasteiger partial charge < -0.3 is 28.4 Å². The van der Waals surface area contributed by atoms with E-state index in [1.165, 1.54) is 10.6 Å². The molecule has 3 heterocycles. The van der Waals surface area contributed by atoms with Crippen molar-refractivity contribution in [1.29, 1.82) is 0 Å². The molecule has 0 radical (unpaired) electrons. The number of aromatic nitrogens is 3. The lowest BCUT2D eigenvalue weighted by atomic mass is 9.78. The van der Waals surface area contributed by atoms with Crippen LogP contribution in [-0.4, -0.2) is 67.8 Å². The summed E-state index contributed by atoms with van der Waals surface area (Å²) < 4.78 is 85.2. The second-order valence-corrected chi connectivity index (χ2v) is 28.6. The molecule has 10 nitrogen and oxygen atoms in total. The summed E-state index contributed by atoms with van der Waals surface area (Å²) in [4.78, 5) is 26.9. The molecule has 0 bridgehead atoms. The Bertz CT molecular complexity index is 1920. The first kappa shape index (κ1) is 43.9. The fraction of sp³-hybridized carbons (Fsp3) is 0.649. The molecule has 0 aliphatic carbocycles. The maximum absolute atomic E-state index is 15.6. The van der Waals surface area contributed by atoms with Crippen LogP contribution in [0.2, 0.25) is 43.8 Å². The molecule has 1 fully saturated rings. The fourth-order valence-electron chi connectivity index (χ4n) is 5.80. The van der Waals surface area contributed by atoms with Crippen molar-refractivity contribution in [3.63, 3.8) is 0 Å². The van der Waals surface area contributed by atoms with E-state index >= 15 is 4.39 Å². The quantitative estimate of drug-likeness (QED) is 0.101. The number of halogens is 4. The van der Waals surface area contributed by atoms with E-state index in [1.54, 1.807) is 25.3 Å². The topological polar surface area (TPSA) is 106 Å². The standard InChI is InChI=1S/C37H57BF4N4O6Si2/c1-24(44-30-21-43-46(23-49-16-17-53(9,10)11)33(48)31(30)37(40,41)42)18-26(50-54(12,13)34(2,3)4)22-45-15-14-25-19-28(29(39)20-27(25)32(45)47)38-51-35(5,6)36(7,8)52-38/h14-15,19-21,24,26,44H,16-18,22-23H2,1-13H3/t24-,26?/m0/s1. The van der Waals surface area contributed by atoms with Crippen LogP contribution in [0.4, 0.5) is 23.2 Å². The van der Waals surface area contributed by atoms with Gasteiger partial charge in [-0.05, 0) is 82.7 Å². The predicted octanol–water partition coefficient (Wildman–Crippen LogP) is 7.61. The molecule has 1 saturated heterocycles. The number of ether oxygens (including phenoxy) is 1. The number of pyridine rings is 1. The summed E-state index contributed by atoms with van der Waals surface area (Å²) in [6, 6.07) is 4.60. The SMILES string of the molecule is C[C@@H](CC(Cn1ccc2cc(B3OC(C)(C)C(C)(C)O3)c(F)cc2c1=O)O[Si](C)(C)C(C)(C)C)Nc1cnn(COCC[Si](C)(C)C)c(=O)c1C(F)(F)F. The Kier molecular flexibility index (Phi) is 12.7. The molecule has 3 aromatic rings. The number of anilines is 1. The lowest BCUT2D eigenvalue weighted by Gasteiger charge is -2.40.